The molecule has 3 heteroatoms. The second-order valence-corrected chi connectivity index (χ2v) is 4.85. The van der Waals surface area contributed by atoms with Gasteiger partial charge in [-0.2, -0.15) is 0 Å². The molecule has 3 nitrogen and oxygen atoms in total. The summed E-state index contributed by atoms with van der Waals surface area (Å²) in [6.07, 6.45) is 2.06. The lowest BCUT2D eigenvalue weighted by atomic mass is 10.0. The Labute approximate surface area is 80.4 Å². The number of nitrogens with zero attached hydrogens (tertiary/aromatic N) is 1. The molecule has 0 radical (unpaired) electrons. The molecule has 1 aliphatic heterocycles. The molecule has 0 amide bonds. The first kappa shape index (κ1) is 10.5. The van der Waals surface area contributed by atoms with Gasteiger partial charge in [-0.15, -0.1) is 0 Å². The molecule has 76 valence electrons. The summed E-state index contributed by atoms with van der Waals surface area (Å²) in [6, 6.07) is 0. The first-order valence-electron chi connectivity index (χ1n) is 4.83. The zero-order valence-electron chi connectivity index (χ0n) is 9.05. The molecular weight excluding hydrogens is 164 g/mol. The fourth-order valence-corrected chi connectivity index (χ4v) is 1.46. The topological polar surface area (TPSA) is 47.6 Å². The second kappa shape index (κ2) is 3.29. The maximum Gasteiger partial charge on any atom is 0.127 e. The van der Waals surface area contributed by atoms with Crippen LogP contribution < -0.4 is 5.73 Å². The summed E-state index contributed by atoms with van der Waals surface area (Å²) in [5, 5.41) is 0. The second-order valence-electron chi connectivity index (χ2n) is 4.85. The van der Waals surface area contributed by atoms with Crippen LogP contribution in [0.3, 0.4) is 0 Å². The lowest BCUT2D eigenvalue weighted by Gasteiger charge is -2.25. The van der Waals surface area contributed by atoms with Crippen molar-refractivity contribution in [2.45, 2.75) is 51.7 Å². The summed E-state index contributed by atoms with van der Waals surface area (Å²) < 4.78 is 5.59. The highest BCUT2D eigenvalue weighted by Crippen LogP contribution is 2.26. The average molecular weight is 184 g/mol. The van der Waals surface area contributed by atoms with Crippen molar-refractivity contribution in [1.29, 1.82) is 0 Å². The van der Waals surface area contributed by atoms with E-state index in [1.54, 1.807) is 0 Å². The van der Waals surface area contributed by atoms with Gasteiger partial charge in [0, 0.05) is 6.61 Å². The number of ether oxygens (including phenoxy) is 1. The maximum atomic E-state index is 5.92. The molecule has 1 atom stereocenters. The fraction of sp³-hybridized carbons (Fsp3) is 0.900. The monoisotopic (exact) mass is 184 g/mol. The molecule has 0 aromatic carbocycles. The zero-order chi connectivity index (χ0) is 10.1. The van der Waals surface area contributed by atoms with E-state index >= 15 is 0 Å². The quantitative estimate of drug-likeness (QED) is 0.498. The van der Waals surface area contributed by atoms with Crippen LogP contribution in [0.4, 0.5) is 0 Å². The van der Waals surface area contributed by atoms with E-state index in [1.807, 2.05) is 27.7 Å². The van der Waals surface area contributed by atoms with Gasteiger partial charge < -0.3 is 10.5 Å². The first-order valence-corrected chi connectivity index (χ1v) is 4.83. The van der Waals surface area contributed by atoms with Crippen molar-refractivity contribution in [2.24, 2.45) is 10.7 Å². The highest BCUT2D eigenvalue weighted by atomic mass is 16.5. The minimum atomic E-state index is -0.312. The first-order chi connectivity index (χ1) is 5.83. The normalized spacial score (nSPS) is 30.9. The number of aliphatic imine (C=N–C) groups is 1. The van der Waals surface area contributed by atoms with E-state index in [9.17, 15) is 0 Å². The number of nitrogens with two attached hydrogens (primary N) is 1. The third kappa shape index (κ3) is 2.69. The Morgan fingerprint density at radius 2 is 2.08 bits per heavy atom. The van der Waals surface area contributed by atoms with Crippen LogP contribution in [0.15, 0.2) is 4.99 Å². The Bertz CT molecular complexity index is 209. The van der Waals surface area contributed by atoms with Crippen LogP contribution >= 0.6 is 0 Å². The Morgan fingerprint density at radius 1 is 1.46 bits per heavy atom. The molecular formula is C10H20N2O. The Balaban J connectivity index is 2.76. The van der Waals surface area contributed by atoms with E-state index in [0.29, 0.717) is 5.84 Å². The molecule has 2 N–H and O–H groups in total. The molecule has 1 rings (SSSR count). The highest BCUT2D eigenvalue weighted by molar-refractivity contribution is 5.89. The fourth-order valence-electron chi connectivity index (χ4n) is 1.46. The van der Waals surface area contributed by atoms with Gasteiger partial charge in [0.1, 0.15) is 11.4 Å². The summed E-state index contributed by atoms with van der Waals surface area (Å²) in [5.41, 5.74) is 5.50. The lowest BCUT2D eigenvalue weighted by molar-refractivity contribution is 0.0759. The molecule has 1 aliphatic rings. The van der Waals surface area contributed by atoms with Crippen LogP contribution in [-0.4, -0.2) is 23.6 Å². The SMILES string of the molecule is CC(C)(C)N=C(N)C1(C)CCCO1. The third-order valence-electron chi connectivity index (χ3n) is 2.22. The summed E-state index contributed by atoms with van der Waals surface area (Å²) in [5.74, 6) is 0.637. The molecule has 1 heterocycles. The molecule has 0 aliphatic carbocycles. The lowest BCUT2D eigenvalue weighted by Crippen LogP contribution is -2.42. The average Bonchev–Trinajstić information content (AvgIpc) is 2.33. The smallest absolute Gasteiger partial charge is 0.127 e. The van der Waals surface area contributed by atoms with Gasteiger partial charge in [-0.05, 0) is 40.5 Å². The van der Waals surface area contributed by atoms with E-state index in [2.05, 4.69) is 4.99 Å². The molecule has 1 fully saturated rings. The van der Waals surface area contributed by atoms with Crippen LogP contribution in [0.1, 0.15) is 40.5 Å². The molecule has 13 heavy (non-hydrogen) atoms. The van der Waals surface area contributed by atoms with Gasteiger partial charge in [-0.25, -0.2) is 0 Å². The predicted molar refractivity (Wildman–Crippen MR) is 55.0 cm³/mol. The Kier molecular flexibility index (Phi) is 2.66. The zero-order valence-corrected chi connectivity index (χ0v) is 9.05. The predicted octanol–water partition coefficient (Wildman–Crippen LogP) is 1.71. The van der Waals surface area contributed by atoms with E-state index in [4.69, 9.17) is 10.5 Å². The molecule has 0 saturated carbocycles. The maximum absolute atomic E-state index is 5.92. The molecule has 1 unspecified atom stereocenters. The summed E-state index contributed by atoms with van der Waals surface area (Å²) in [4.78, 5) is 4.43. The standard InChI is InChI=1S/C10H20N2O/c1-9(2,3)12-8(11)10(4)6-5-7-13-10/h5-7H2,1-4H3,(H2,11,12). The van der Waals surface area contributed by atoms with Gasteiger partial charge in [-0.3, -0.25) is 4.99 Å². The minimum absolute atomic E-state index is 0.112. The van der Waals surface area contributed by atoms with E-state index in [0.717, 1.165) is 19.4 Å². The van der Waals surface area contributed by atoms with Crippen molar-refractivity contribution >= 4 is 5.84 Å². The molecule has 0 bridgehead atoms. The third-order valence-corrected chi connectivity index (χ3v) is 2.22. The van der Waals surface area contributed by atoms with Crippen molar-refractivity contribution in [3.63, 3.8) is 0 Å². The number of rotatable bonds is 1. The number of hydrogen-bond acceptors (Lipinski definition) is 2. The van der Waals surface area contributed by atoms with Crippen molar-refractivity contribution in [3.05, 3.63) is 0 Å². The van der Waals surface area contributed by atoms with Crippen LogP contribution in [0.5, 0.6) is 0 Å². The highest BCUT2D eigenvalue weighted by Gasteiger charge is 2.34. The van der Waals surface area contributed by atoms with Crippen LogP contribution in [0, 0.1) is 0 Å². The summed E-state index contributed by atoms with van der Waals surface area (Å²) >= 11 is 0. The van der Waals surface area contributed by atoms with Crippen LogP contribution in [0.25, 0.3) is 0 Å². The van der Waals surface area contributed by atoms with Gasteiger partial charge in [0.2, 0.25) is 0 Å². The molecule has 0 aromatic rings. The number of amidine groups is 1. The van der Waals surface area contributed by atoms with E-state index < -0.39 is 0 Å². The van der Waals surface area contributed by atoms with Crippen molar-refractivity contribution < 1.29 is 4.74 Å². The van der Waals surface area contributed by atoms with Gasteiger partial charge in [0.25, 0.3) is 0 Å². The van der Waals surface area contributed by atoms with Crippen LogP contribution in [0.2, 0.25) is 0 Å². The van der Waals surface area contributed by atoms with E-state index in [1.165, 1.54) is 0 Å². The summed E-state index contributed by atoms with van der Waals surface area (Å²) in [7, 11) is 0. The molecule has 1 saturated heterocycles. The molecule has 0 aromatic heterocycles. The van der Waals surface area contributed by atoms with E-state index in [-0.39, 0.29) is 11.1 Å². The largest absolute Gasteiger partial charge is 0.385 e. The van der Waals surface area contributed by atoms with Gasteiger partial charge in [-0.1, -0.05) is 0 Å². The summed E-state index contributed by atoms with van der Waals surface area (Å²) in [6.45, 7) is 8.94. The van der Waals surface area contributed by atoms with Crippen LogP contribution in [-0.2, 0) is 4.74 Å². The van der Waals surface area contributed by atoms with Crippen molar-refractivity contribution in [1.82, 2.24) is 0 Å². The Hall–Kier alpha value is -0.570. The molecule has 0 spiro atoms. The van der Waals surface area contributed by atoms with Gasteiger partial charge >= 0.3 is 0 Å². The van der Waals surface area contributed by atoms with Crippen molar-refractivity contribution in [2.75, 3.05) is 6.61 Å². The Morgan fingerprint density at radius 3 is 2.46 bits per heavy atom. The minimum Gasteiger partial charge on any atom is -0.385 e. The van der Waals surface area contributed by atoms with Gasteiger partial charge in [0.05, 0.1) is 5.54 Å². The van der Waals surface area contributed by atoms with Gasteiger partial charge in [0.15, 0.2) is 0 Å². The number of hydrogen-bond donors (Lipinski definition) is 1. The van der Waals surface area contributed by atoms with Crippen molar-refractivity contribution in [3.8, 4) is 0 Å².